The predicted octanol–water partition coefficient (Wildman–Crippen LogP) is 2.03. The van der Waals surface area contributed by atoms with E-state index in [-0.39, 0.29) is 17.0 Å². The summed E-state index contributed by atoms with van der Waals surface area (Å²) in [6, 6.07) is 4.25. The molecule has 0 atom stereocenters. The van der Waals surface area contributed by atoms with Crippen LogP contribution < -0.4 is 5.73 Å². The predicted molar refractivity (Wildman–Crippen MR) is 48.6 cm³/mol. The highest BCUT2D eigenvalue weighted by Gasteiger charge is 2.12. The number of rotatable bonds is 2. The Balaban J connectivity index is 3.19. The van der Waals surface area contributed by atoms with E-state index in [0.717, 1.165) is 0 Å². The van der Waals surface area contributed by atoms with Crippen LogP contribution in [0.4, 0.5) is 8.78 Å². The summed E-state index contributed by atoms with van der Waals surface area (Å²) in [7, 11) is 0. The number of hydrogen-bond donors (Lipinski definition) is 2. The number of nitrogens with two attached hydrogens (primary N) is 1. The normalized spacial score (nSPS) is 12.1. The number of aryl methyl sites for hydroxylation is 1. The van der Waals surface area contributed by atoms with Gasteiger partial charge in [-0.3, -0.25) is 0 Å². The molecule has 1 rings (SSSR count). The van der Waals surface area contributed by atoms with Gasteiger partial charge >= 0.3 is 0 Å². The molecule has 0 radical (unpaired) electrons. The molecule has 0 spiro atoms. The molecule has 0 aliphatic carbocycles. The molecule has 0 saturated heterocycles. The lowest BCUT2D eigenvalue weighted by molar-refractivity contribution is 0.150. The van der Waals surface area contributed by atoms with E-state index in [9.17, 15) is 8.78 Å². The van der Waals surface area contributed by atoms with Gasteiger partial charge in [-0.05, 0) is 18.6 Å². The molecule has 0 unspecified atom stereocenters. The van der Waals surface area contributed by atoms with Crippen LogP contribution in [0.3, 0.4) is 0 Å². The largest absolute Gasteiger partial charge is 0.409 e. The quantitative estimate of drug-likeness (QED) is 0.332. The Morgan fingerprint density at radius 3 is 2.64 bits per heavy atom. The van der Waals surface area contributed by atoms with Crippen molar-refractivity contribution in [1.29, 1.82) is 0 Å². The van der Waals surface area contributed by atoms with Crippen molar-refractivity contribution < 1.29 is 14.0 Å². The zero-order valence-electron chi connectivity index (χ0n) is 7.54. The minimum absolute atomic E-state index is 0.103. The monoisotopic (exact) mass is 200 g/mol. The Hall–Kier alpha value is -1.65. The average Bonchev–Trinajstić information content (AvgIpc) is 2.17. The van der Waals surface area contributed by atoms with Crippen molar-refractivity contribution in [3.05, 3.63) is 34.9 Å². The van der Waals surface area contributed by atoms with Crippen LogP contribution in [0.1, 0.15) is 23.1 Å². The standard InChI is InChI=1S/C9H10F2N2O/c1-5-2-3-6(9(12)13-14)4-7(5)8(10)11/h2-4,8,14H,1H3,(H2,12,13). The summed E-state index contributed by atoms with van der Waals surface area (Å²) in [5.74, 6) is -0.174. The maximum absolute atomic E-state index is 12.4. The fourth-order valence-electron chi connectivity index (χ4n) is 1.09. The Morgan fingerprint density at radius 2 is 2.14 bits per heavy atom. The van der Waals surface area contributed by atoms with Crippen molar-refractivity contribution in [2.45, 2.75) is 13.3 Å². The molecule has 1 aromatic carbocycles. The molecule has 0 heterocycles. The summed E-state index contributed by atoms with van der Waals surface area (Å²) in [6.45, 7) is 1.58. The molecule has 0 saturated carbocycles. The molecule has 0 fully saturated rings. The summed E-state index contributed by atoms with van der Waals surface area (Å²) in [5.41, 5.74) is 5.93. The Morgan fingerprint density at radius 1 is 1.50 bits per heavy atom. The number of nitrogens with zero attached hydrogens (tertiary/aromatic N) is 1. The van der Waals surface area contributed by atoms with E-state index in [1.807, 2.05) is 0 Å². The molecule has 0 bridgehead atoms. The average molecular weight is 200 g/mol. The van der Waals surface area contributed by atoms with E-state index in [0.29, 0.717) is 5.56 Å². The minimum Gasteiger partial charge on any atom is -0.409 e. The van der Waals surface area contributed by atoms with Gasteiger partial charge in [-0.15, -0.1) is 0 Å². The molecule has 76 valence electrons. The topological polar surface area (TPSA) is 58.6 Å². The van der Waals surface area contributed by atoms with Crippen LogP contribution in [0.25, 0.3) is 0 Å². The molecule has 0 aliphatic heterocycles. The van der Waals surface area contributed by atoms with Gasteiger partial charge in [0.05, 0.1) is 0 Å². The third-order valence-electron chi connectivity index (χ3n) is 1.92. The minimum atomic E-state index is -2.55. The van der Waals surface area contributed by atoms with E-state index in [1.54, 1.807) is 6.92 Å². The molecular weight excluding hydrogens is 190 g/mol. The van der Waals surface area contributed by atoms with Gasteiger partial charge in [-0.2, -0.15) is 0 Å². The Bertz CT molecular complexity index is 364. The molecule has 3 N–H and O–H groups in total. The van der Waals surface area contributed by atoms with E-state index < -0.39 is 6.43 Å². The van der Waals surface area contributed by atoms with Gasteiger partial charge in [0.1, 0.15) is 0 Å². The Labute approximate surface area is 79.8 Å². The van der Waals surface area contributed by atoms with Crippen molar-refractivity contribution in [3.8, 4) is 0 Å². The number of amidine groups is 1. The highest BCUT2D eigenvalue weighted by molar-refractivity contribution is 5.97. The second-order valence-corrected chi connectivity index (χ2v) is 2.86. The fraction of sp³-hybridized carbons (Fsp3) is 0.222. The molecule has 0 aliphatic rings. The van der Waals surface area contributed by atoms with Crippen molar-refractivity contribution in [1.82, 2.24) is 0 Å². The summed E-state index contributed by atoms with van der Waals surface area (Å²) in [6.07, 6.45) is -2.55. The van der Waals surface area contributed by atoms with Gasteiger partial charge in [0.25, 0.3) is 6.43 Å². The first kappa shape index (κ1) is 10.4. The molecule has 3 nitrogen and oxygen atoms in total. The van der Waals surface area contributed by atoms with E-state index in [4.69, 9.17) is 10.9 Å². The lowest BCUT2D eigenvalue weighted by Gasteiger charge is -2.06. The third kappa shape index (κ3) is 1.99. The second kappa shape index (κ2) is 4.04. The van der Waals surface area contributed by atoms with Crippen LogP contribution in [0, 0.1) is 6.92 Å². The first-order valence-corrected chi connectivity index (χ1v) is 3.93. The maximum Gasteiger partial charge on any atom is 0.264 e. The van der Waals surface area contributed by atoms with Gasteiger partial charge in [0, 0.05) is 11.1 Å². The first-order valence-electron chi connectivity index (χ1n) is 3.93. The van der Waals surface area contributed by atoms with Gasteiger partial charge in [0.15, 0.2) is 5.84 Å². The first-order chi connectivity index (χ1) is 6.56. The van der Waals surface area contributed by atoms with Crippen LogP contribution in [-0.4, -0.2) is 11.0 Å². The van der Waals surface area contributed by atoms with Crippen LogP contribution in [0.2, 0.25) is 0 Å². The third-order valence-corrected chi connectivity index (χ3v) is 1.92. The van der Waals surface area contributed by atoms with Crippen molar-refractivity contribution in [2.75, 3.05) is 0 Å². The van der Waals surface area contributed by atoms with Gasteiger partial charge < -0.3 is 10.9 Å². The van der Waals surface area contributed by atoms with E-state index in [2.05, 4.69) is 5.16 Å². The number of benzene rings is 1. The summed E-state index contributed by atoms with van der Waals surface area (Å²) >= 11 is 0. The van der Waals surface area contributed by atoms with Crippen LogP contribution in [0.15, 0.2) is 23.4 Å². The number of halogens is 2. The van der Waals surface area contributed by atoms with Crippen molar-refractivity contribution in [3.63, 3.8) is 0 Å². The smallest absolute Gasteiger partial charge is 0.264 e. The molecule has 5 heteroatoms. The molecular formula is C9H10F2N2O. The number of hydrogen-bond acceptors (Lipinski definition) is 2. The zero-order valence-corrected chi connectivity index (χ0v) is 7.54. The van der Waals surface area contributed by atoms with Gasteiger partial charge in [0.2, 0.25) is 0 Å². The highest BCUT2D eigenvalue weighted by atomic mass is 19.3. The second-order valence-electron chi connectivity index (χ2n) is 2.86. The van der Waals surface area contributed by atoms with Crippen LogP contribution in [-0.2, 0) is 0 Å². The lowest BCUT2D eigenvalue weighted by atomic mass is 10.0. The summed E-state index contributed by atoms with van der Waals surface area (Å²) in [5, 5.41) is 11.1. The molecule has 0 aromatic heterocycles. The van der Waals surface area contributed by atoms with Crippen LogP contribution in [0.5, 0.6) is 0 Å². The Kier molecular flexibility index (Phi) is 3.01. The van der Waals surface area contributed by atoms with Crippen LogP contribution >= 0.6 is 0 Å². The van der Waals surface area contributed by atoms with Gasteiger partial charge in [-0.25, -0.2) is 8.78 Å². The van der Waals surface area contributed by atoms with Crippen molar-refractivity contribution in [2.24, 2.45) is 10.9 Å². The summed E-state index contributed by atoms with van der Waals surface area (Å²) < 4.78 is 24.9. The van der Waals surface area contributed by atoms with E-state index in [1.165, 1.54) is 18.2 Å². The SMILES string of the molecule is Cc1ccc(/C(N)=N/O)cc1C(F)F. The van der Waals surface area contributed by atoms with Gasteiger partial charge in [-0.1, -0.05) is 17.3 Å². The molecule has 14 heavy (non-hydrogen) atoms. The summed E-state index contributed by atoms with van der Waals surface area (Å²) in [4.78, 5) is 0. The molecule has 1 aromatic rings. The molecule has 0 amide bonds. The fourth-order valence-corrected chi connectivity index (χ4v) is 1.09. The van der Waals surface area contributed by atoms with Crippen molar-refractivity contribution >= 4 is 5.84 Å². The number of oxime groups is 1. The van der Waals surface area contributed by atoms with E-state index >= 15 is 0 Å². The maximum atomic E-state index is 12.4. The lowest BCUT2D eigenvalue weighted by Crippen LogP contribution is -2.13. The number of alkyl halides is 2. The highest BCUT2D eigenvalue weighted by Crippen LogP contribution is 2.23. The zero-order chi connectivity index (χ0) is 10.7.